The molecule has 0 aliphatic rings. The summed E-state index contributed by atoms with van der Waals surface area (Å²) in [6.07, 6.45) is 0. The van der Waals surface area contributed by atoms with Crippen molar-refractivity contribution in [2.24, 2.45) is 0 Å². The lowest BCUT2D eigenvalue weighted by atomic mass is 9.95. The molecule has 0 spiro atoms. The first-order valence-corrected chi connectivity index (χ1v) is 19.0. The number of hydrogen-bond acceptors (Lipinski definition) is 4. The van der Waals surface area contributed by atoms with E-state index in [4.69, 9.17) is 14.4 Å². The van der Waals surface area contributed by atoms with Gasteiger partial charge in [0.25, 0.3) is 0 Å². The number of benzene rings is 8. The first kappa shape index (κ1) is 30.7. The summed E-state index contributed by atoms with van der Waals surface area (Å²) in [4.78, 5) is 10.9. The van der Waals surface area contributed by atoms with Gasteiger partial charge < -0.3 is 4.42 Å². The van der Waals surface area contributed by atoms with E-state index in [1.54, 1.807) is 11.3 Å². The van der Waals surface area contributed by atoms with Crippen molar-refractivity contribution in [2.75, 3.05) is 0 Å². The zero-order valence-corrected chi connectivity index (χ0v) is 29.8. The van der Waals surface area contributed by atoms with Crippen LogP contribution in [0.2, 0.25) is 0 Å². The van der Waals surface area contributed by atoms with Gasteiger partial charge in [-0.1, -0.05) is 140 Å². The van der Waals surface area contributed by atoms with Gasteiger partial charge in [-0.3, -0.25) is 0 Å². The molecule has 0 amide bonds. The molecule has 8 aromatic carbocycles. The second-order valence-electron chi connectivity index (χ2n) is 13.8. The van der Waals surface area contributed by atoms with Gasteiger partial charge in [-0.15, -0.1) is 11.3 Å². The molecule has 252 valence electrons. The first-order chi connectivity index (χ1) is 26.7. The number of aromatic nitrogens is 2. The maximum atomic E-state index is 6.59. The van der Waals surface area contributed by atoms with Crippen LogP contribution in [0.4, 0.5) is 0 Å². The summed E-state index contributed by atoms with van der Waals surface area (Å²) >= 11 is 1.76. The average molecular weight is 707 g/mol. The molecule has 0 aliphatic carbocycles. The van der Waals surface area contributed by atoms with E-state index in [1.165, 1.54) is 32.2 Å². The minimum Gasteiger partial charge on any atom is -0.456 e. The molecule has 0 atom stereocenters. The van der Waals surface area contributed by atoms with E-state index in [0.717, 1.165) is 71.1 Å². The van der Waals surface area contributed by atoms with Gasteiger partial charge in [0.05, 0.1) is 15.9 Å². The summed E-state index contributed by atoms with van der Waals surface area (Å²) in [7, 11) is 0. The monoisotopic (exact) mass is 706 g/mol. The van der Waals surface area contributed by atoms with Crippen molar-refractivity contribution in [1.29, 1.82) is 0 Å². The highest BCUT2D eigenvalue weighted by Crippen LogP contribution is 2.44. The van der Waals surface area contributed by atoms with Crippen molar-refractivity contribution in [1.82, 2.24) is 9.97 Å². The summed E-state index contributed by atoms with van der Waals surface area (Å²) in [6, 6.07) is 64.4. The molecular weight excluding hydrogens is 677 g/mol. The van der Waals surface area contributed by atoms with Crippen molar-refractivity contribution in [2.45, 2.75) is 0 Å². The van der Waals surface area contributed by atoms with Crippen LogP contribution >= 0.6 is 11.3 Å². The van der Waals surface area contributed by atoms with Crippen molar-refractivity contribution in [3.63, 3.8) is 0 Å². The molecule has 0 fully saturated rings. The number of thiophene rings is 1. The van der Waals surface area contributed by atoms with Gasteiger partial charge in [-0.25, -0.2) is 9.97 Å². The van der Waals surface area contributed by atoms with E-state index >= 15 is 0 Å². The second-order valence-corrected chi connectivity index (χ2v) is 14.8. The third kappa shape index (κ3) is 5.11. The molecule has 3 aromatic heterocycles. The Hall–Kier alpha value is -6.88. The third-order valence-corrected chi connectivity index (χ3v) is 11.6. The molecule has 0 N–H and O–H groups in total. The van der Waals surface area contributed by atoms with Crippen LogP contribution in [0, 0.1) is 0 Å². The predicted octanol–water partition coefficient (Wildman–Crippen LogP) is 14.2. The maximum absolute atomic E-state index is 6.59. The molecule has 0 unspecified atom stereocenters. The average Bonchev–Trinajstić information content (AvgIpc) is 3.82. The lowest BCUT2D eigenvalue weighted by Gasteiger charge is -2.12. The van der Waals surface area contributed by atoms with Crippen LogP contribution < -0.4 is 0 Å². The molecule has 0 aliphatic heterocycles. The highest BCUT2D eigenvalue weighted by molar-refractivity contribution is 7.26. The quantitative estimate of drug-likeness (QED) is 0.179. The summed E-state index contributed by atoms with van der Waals surface area (Å²) in [5.74, 6) is 0.679. The zero-order valence-electron chi connectivity index (χ0n) is 29.0. The maximum Gasteiger partial charge on any atom is 0.161 e. The SMILES string of the molecule is c1ccc(-c2cccc(-c3cc(-c4nc(-c5ccc6cc(-c7ccccc7)ccc6c5)c5sc6ccccc6c5n4)c4c(c3)oc3ccccc34)c2)cc1. The fourth-order valence-corrected chi connectivity index (χ4v) is 8.97. The Balaban J connectivity index is 1.15. The van der Waals surface area contributed by atoms with Crippen LogP contribution in [0.3, 0.4) is 0 Å². The number of rotatable bonds is 5. The summed E-state index contributed by atoms with van der Waals surface area (Å²) in [5.41, 5.74) is 12.5. The number of furan rings is 1. The van der Waals surface area contributed by atoms with E-state index in [1.807, 2.05) is 12.1 Å². The Morgan fingerprint density at radius 2 is 1.02 bits per heavy atom. The smallest absolute Gasteiger partial charge is 0.161 e. The van der Waals surface area contributed by atoms with Crippen LogP contribution in [0.15, 0.2) is 186 Å². The molecule has 4 heteroatoms. The minimum absolute atomic E-state index is 0.679. The standard InChI is InChI=1S/C50H30N2OS/c1-3-12-31(13-4-1)33-16-11-17-34(26-33)39-29-42(46-40-18-7-9-20-43(40)53-44(46)30-39)50-51-47(49-48(52-50)41-19-8-10-21-45(41)54-49)38-25-24-36-27-35(22-23-37(36)28-38)32-14-5-2-6-15-32/h1-30H. The van der Waals surface area contributed by atoms with Gasteiger partial charge in [0.1, 0.15) is 11.2 Å². The Bertz CT molecular complexity index is 3220. The van der Waals surface area contributed by atoms with E-state index in [-0.39, 0.29) is 0 Å². The highest BCUT2D eigenvalue weighted by Gasteiger charge is 2.21. The number of fused-ring (bicyclic) bond motifs is 7. The number of hydrogen-bond donors (Lipinski definition) is 0. The van der Waals surface area contributed by atoms with Crippen LogP contribution in [-0.2, 0) is 0 Å². The van der Waals surface area contributed by atoms with Gasteiger partial charge in [-0.05, 0) is 86.6 Å². The summed E-state index contributed by atoms with van der Waals surface area (Å²) in [5, 5.41) is 5.57. The van der Waals surface area contributed by atoms with E-state index in [9.17, 15) is 0 Å². The fourth-order valence-electron chi connectivity index (χ4n) is 7.82. The normalized spacial score (nSPS) is 11.7. The molecule has 3 nitrogen and oxygen atoms in total. The molecule has 11 aromatic rings. The van der Waals surface area contributed by atoms with Crippen molar-refractivity contribution in [3.05, 3.63) is 182 Å². The topological polar surface area (TPSA) is 38.9 Å². The van der Waals surface area contributed by atoms with E-state index in [2.05, 4.69) is 170 Å². The van der Waals surface area contributed by atoms with Crippen LogP contribution in [0.1, 0.15) is 0 Å². The van der Waals surface area contributed by atoms with Gasteiger partial charge in [0.15, 0.2) is 5.82 Å². The van der Waals surface area contributed by atoms with Crippen LogP contribution in [-0.4, -0.2) is 9.97 Å². The largest absolute Gasteiger partial charge is 0.456 e. The Kier molecular flexibility index (Phi) is 7.04. The Morgan fingerprint density at radius 1 is 0.407 bits per heavy atom. The molecule has 3 heterocycles. The molecule has 54 heavy (non-hydrogen) atoms. The number of nitrogens with zero attached hydrogens (tertiary/aromatic N) is 2. The van der Waals surface area contributed by atoms with Crippen molar-refractivity contribution in [3.8, 4) is 56.0 Å². The predicted molar refractivity (Wildman–Crippen MR) is 227 cm³/mol. The zero-order chi connectivity index (χ0) is 35.6. The van der Waals surface area contributed by atoms with Crippen molar-refractivity contribution < 1.29 is 4.42 Å². The van der Waals surface area contributed by atoms with Gasteiger partial charge in [0, 0.05) is 32.0 Å². The molecule has 0 saturated heterocycles. The fraction of sp³-hybridized carbons (Fsp3) is 0. The third-order valence-electron chi connectivity index (χ3n) is 10.5. The lowest BCUT2D eigenvalue weighted by Crippen LogP contribution is -1.95. The molecule has 11 rings (SSSR count). The van der Waals surface area contributed by atoms with Gasteiger partial charge in [-0.2, -0.15) is 0 Å². The Labute approximate surface area is 315 Å². The Morgan fingerprint density at radius 3 is 1.80 bits per heavy atom. The first-order valence-electron chi connectivity index (χ1n) is 18.1. The van der Waals surface area contributed by atoms with Crippen LogP contribution in [0.5, 0.6) is 0 Å². The van der Waals surface area contributed by atoms with E-state index < -0.39 is 0 Å². The summed E-state index contributed by atoms with van der Waals surface area (Å²) in [6.45, 7) is 0. The molecule has 0 radical (unpaired) electrons. The second kappa shape index (κ2) is 12.4. The van der Waals surface area contributed by atoms with Gasteiger partial charge >= 0.3 is 0 Å². The molecular formula is C50H30N2OS. The number of para-hydroxylation sites is 1. The minimum atomic E-state index is 0.679. The summed E-state index contributed by atoms with van der Waals surface area (Å²) < 4.78 is 8.86. The van der Waals surface area contributed by atoms with Gasteiger partial charge in [0.2, 0.25) is 0 Å². The highest BCUT2D eigenvalue weighted by atomic mass is 32.1. The van der Waals surface area contributed by atoms with E-state index in [0.29, 0.717) is 5.82 Å². The van der Waals surface area contributed by atoms with Crippen LogP contribution in [0.25, 0.3) is 109 Å². The lowest BCUT2D eigenvalue weighted by molar-refractivity contribution is 0.669. The molecule has 0 saturated carbocycles. The van der Waals surface area contributed by atoms with Crippen molar-refractivity contribution >= 4 is 64.4 Å². The molecule has 0 bridgehead atoms.